The van der Waals surface area contributed by atoms with Gasteiger partial charge < -0.3 is 4.74 Å². The van der Waals surface area contributed by atoms with Crippen molar-refractivity contribution < 1.29 is 9.53 Å². The average molecular weight is 140 g/mol. The van der Waals surface area contributed by atoms with E-state index in [0.29, 0.717) is 17.8 Å². The van der Waals surface area contributed by atoms with Gasteiger partial charge in [-0.25, -0.2) is 0 Å². The third-order valence-electron chi connectivity index (χ3n) is 2.47. The van der Waals surface area contributed by atoms with Crippen LogP contribution in [0.4, 0.5) is 0 Å². The number of hydrogen-bond acceptors (Lipinski definition) is 2. The van der Waals surface area contributed by atoms with Gasteiger partial charge in [-0.15, -0.1) is 0 Å². The Labute approximate surface area is 60.6 Å². The van der Waals surface area contributed by atoms with E-state index in [1.165, 1.54) is 0 Å². The molecule has 0 N–H and O–H groups in total. The third-order valence-corrected chi connectivity index (χ3v) is 2.47. The summed E-state index contributed by atoms with van der Waals surface area (Å²) in [5, 5.41) is 0. The lowest BCUT2D eigenvalue weighted by atomic mass is 9.86. The summed E-state index contributed by atoms with van der Waals surface area (Å²) in [6.07, 6.45) is 4.26. The molecule has 0 amide bonds. The van der Waals surface area contributed by atoms with Crippen LogP contribution in [0, 0.1) is 5.92 Å². The molecule has 1 saturated carbocycles. The monoisotopic (exact) mass is 140 g/mol. The Hall–Kier alpha value is -0.370. The van der Waals surface area contributed by atoms with Gasteiger partial charge in [-0.2, -0.15) is 0 Å². The fourth-order valence-electron chi connectivity index (χ4n) is 1.66. The highest BCUT2D eigenvalue weighted by molar-refractivity contribution is 5.79. The maximum Gasteiger partial charge on any atom is 0.132 e. The van der Waals surface area contributed by atoms with E-state index in [0.717, 1.165) is 32.3 Å². The van der Waals surface area contributed by atoms with Crippen LogP contribution in [-0.2, 0) is 9.53 Å². The normalized spacial score (nSPS) is 34.4. The molecule has 1 atom stereocenters. The van der Waals surface area contributed by atoms with Crippen LogP contribution in [0.3, 0.4) is 0 Å². The molecule has 0 aromatic rings. The molecule has 0 bridgehead atoms. The molecule has 0 aromatic carbocycles. The second kappa shape index (κ2) is 2.35. The van der Waals surface area contributed by atoms with Crippen molar-refractivity contribution in [2.45, 2.75) is 31.8 Å². The molecule has 2 nitrogen and oxygen atoms in total. The molecule has 2 aliphatic rings. The quantitative estimate of drug-likeness (QED) is 0.511. The molecule has 2 heteroatoms. The summed E-state index contributed by atoms with van der Waals surface area (Å²) < 4.78 is 5.17. The van der Waals surface area contributed by atoms with Crippen molar-refractivity contribution in [3.63, 3.8) is 0 Å². The van der Waals surface area contributed by atoms with Crippen LogP contribution < -0.4 is 0 Å². The van der Waals surface area contributed by atoms with Gasteiger partial charge in [0.2, 0.25) is 0 Å². The molecule has 0 aromatic heterocycles. The number of ether oxygens (including phenoxy) is 1. The van der Waals surface area contributed by atoms with Crippen LogP contribution in [0.15, 0.2) is 0 Å². The summed E-state index contributed by atoms with van der Waals surface area (Å²) in [5.74, 6) is 1.15. The number of rotatable bonds is 1. The van der Waals surface area contributed by atoms with Gasteiger partial charge >= 0.3 is 0 Å². The number of carbonyl (C=O) groups is 1. The lowest BCUT2D eigenvalue weighted by Crippen LogP contribution is -2.17. The Morgan fingerprint density at radius 3 is 2.40 bits per heavy atom. The fourth-order valence-corrected chi connectivity index (χ4v) is 1.66. The van der Waals surface area contributed by atoms with E-state index in [1.54, 1.807) is 0 Å². The number of epoxide rings is 1. The molecular formula is C8H12O2. The maximum atomic E-state index is 10.8. The van der Waals surface area contributed by atoms with Crippen LogP contribution in [-0.4, -0.2) is 18.5 Å². The van der Waals surface area contributed by atoms with Crippen molar-refractivity contribution in [1.29, 1.82) is 0 Å². The molecular weight excluding hydrogens is 128 g/mol. The standard InChI is InChI=1S/C8H12O2/c9-7-3-1-6(2-4-7)8-5-10-8/h6,8H,1-5H2. The van der Waals surface area contributed by atoms with Gasteiger partial charge in [-0.3, -0.25) is 4.79 Å². The predicted octanol–water partition coefficient (Wildman–Crippen LogP) is 1.14. The first-order valence-corrected chi connectivity index (χ1v) is 3.99. The van der Waals surface area contributed by atoms with Crippen molar-refractivity contribution >= 4 is 5.78 Å². The summed E-state index contributed by atoms with van der Waals surface area (Å²) in [7, 11) is 0. The third kappa shape index (κ3) is 1.21. The maximum absolute atomic E-state index is 10.8. The second-order valence-electron chi connectivity index (χ2n) is 3.25. The first-order chi connectivity index (χ1) is 4.86. The van der Waals surface area contributed by atoms with Gasteiger partial charge in [0.25, 0.3) is 0 Å². The number of carbonyl (C=O) groups excluding carboxylic acids is 1. The minimum Gasteiger partial charge on any atom is -0.373 e. The topological polar surface area (TPSA) is 29.6 Å². The smallest absolute Gasteiger partial charge is 0.132 e. The molecule has 1 unspecified atom stereocenters. The fraction of sp³-hybridized carbons (Fsp3) is 0.875. The first kappa shape index (κ1) is 6.35. The van der Waals surface area contributed by atoms with Crippen molar-refractivity contribution in [1.82, 2.24) is 0 Å². The summed E-state index contributed by atoms with van der Waals surface area (Å²) in [4.78, 5) is 10.8. The lowest BCUT2D eigenvalue weighted by molar-refractivity contribution is -0.121. The number of hydrogen-bond donors (Lipinski definition) is 0. The van der Waals surface area contributed by atoms with Crippen molar-refractivity contribution in [3.8, 4) is 0 Å². The Morgan fingerprint density at radius 2 is 1.90 bits per heavy atom. The molecule has 56 valence electrons. The number of ketones is 1. The summed E-state index contributed by atoms with van der Waals surface area (Å²) in [6, 6.07) is 0. The van der Waals surface area contributed by atoms with E-state index in [1.807, 2.05) is 0 Å². The summed E-state index contributed by atoms with van der Waals surface area (Å²) >= 11 is 0. The largest absolute Gasteiger partial charge is 0.373 e. The molecule has 2 fully saturated rings. The summed E-state index contributed by atoms with van der Waals surface area (Å²) in [6.45, 7) is 0.943. The van der Waals surface area contributed by atoms with E-state index in [-0.39, 0.29) is 0 Å². The van der Waals surface area contributed by atoms with E-state index in [4.69, 9.17) is 4.74 Å². The van der Waals surface area contributed by atoms with Crippen molar-refractivity contribution in [2.75, 3.05) is 6.61 Å². The second-order valence-corrected chi connectivity index (χ2v) is 3.25. The zero-order valence-electron chi connectivity index (χ0n) is 6.01. The zero-order valence-corrected chi connectivity index (χ0v) is 6.01. The molecule has 1 aliphatic heterocycles. The van der Waals surface area contributed by atoms with E-state index < -0.39 is 0 Å². The molecule has 0 spiro atoms. The van der Waals surface area contributed by atoms with E-state index in [2.05, 4.69) is 0 Å². The first-order valence-electron chi connectivity index (χ1n) is 3.99. The molecule has 0 radical (unpaired) electrons. The summed E-state index contributed by atoms with van der Waals surface area (Å²) in [5.41, 5.74) is 0. The Bertz CT molecular complexity index is 139. The molecule has 2 rings (SSSR count). The zero-order chi connectivity index (χ0) is 6.97. The van der Waals surface area contributed by atoms with Crippen LogP contribution in [0.5, 0.6) is 0 Å². The average Bonchev–Trinajstić information content (AvgIpc) is 2.71. The minimum absolute atomic E-state index is 0.442. The highest BCUT2D eigenvalue weighted by atomic mass is 16.6. The Balaban J connectivity index is 1.84. The molecule has 1 heterocycles. The van der Waals surface area contributed by atoms with Gasteiger partial charge in [-0.1, -0.05) is 0 Å². The van der Waals surface area contributed by atoms with Crippen molar-refractivity contribution in [2.24, 2.45) is 5.92 Å². The van der Waals surface area contributed by atoms with Gasteiger partial charge in [0, 0.05) is 12.8 Å². The predicted molar refractivity (Wildman–Crippen MR) is 36.7 cm³/mol. The Morgan fingerprint density at radius 1 is 1.30 bits per heavy atom. The number of Topliss-reactive ketones (excluding diaryl/α,β-unsaturated/α-hetero) is 1. The minimum atomic E-state index is 0.442. The van der Waals surface area contributed by atoms with E-state index >= 15 is 0 Å². The van der Waals surface area contributed by atoms with Gasteiger partial charge in [0.15, 0.2) is 0 Å². The molecule has 1 aliphatic carbocycles. The lowest BCUT2D eigenvalue weighted by Gasteiger charge is -2.17. The Kier molecular flexibility index (Phi) is 1.49. The van der Waals surface area contributed by atoms with Gasteiger partial charge in [0.05, 0.1) is 12.7 Å². The van der Waals surface area contributed by atoms with Crippen LogP contribution in [0.1, 0.15) is 25.7 Å². The van der Waals surface area contributed by atoms with Gasteiger partial charge in [-0.05, 0) is 18.8 Å². The molecule has 1 saturated heterocycles. The van der Waals surface area contributed by atoms with Crippen LogP contribution in [0.2, 0.25) is 0 Å². The SMILES string of the molecule is O=C1CCC(C2CO2)CC1. The van der Waals surface area contributed by atoms with Crippen LogP contribution in [0.25, 0.3) is 0 Å². The van der Waals surface area contributed by atoms with Crippen molar-refractivity contribution in [3.05, 3.63) is 0 Å². The van der Waals surface area contributed by atoms with Gasteiger partial charge in [0.1, 0.15) is 5.78 Å². The molecule has 10 heavy (non-hydrogen) atoms. The van der Waals surface area contributed by atoms with Crippen LogP contribution >= 0.6 is 0 Å². The highest BCUT2D eigenvalue weighted by Gasteiger charge is 2.34. The van der Waals surface area contributed by atoms with E-state index in [9.17, 15) is 4.79 Å². The highest BCUT2D eigenvalue weighted by Crippen LogP contribution is 2.31.